The first kappa shape index (κ1) is 19.8. The van der Waals surface area contributed by atoms with Gasteiger partial charge in [0.05, 0.1) is 23.9 Å². The highest BCUT2D eigenvalue weighted by Gasteiger charge is 2.13. The van der Waals surface area contributed by atoms with Crippen LogP contribution >= 0.6 is 0 Å². The molecule has 154 valence electrons. The zero-order valence-corrected chi connectivity index (χ0v) is 16.7. The van der Waals surface area contributed by atoms with Crippen LogP contribution in [0.2, 0.25) is 0 Å². The first-order valence-corrected chi connectivity index (χ1v) is 9.48. The van der Waals surface area contributed by atoms with Gasteiger partial charge in [0.15, 0.2) is 0 Å². The van der Waals surface area contributed by atoms with Crippen LogP contribution in [-0.4, -0.2) is 28.0 Å². The van der Waals surface area contributed by atoms with Gasteiger partial charge in [-0.1, -0.05) is 30.3 Å². The molecule has 0 spiro atoms. The Balaban J connectivity index is 1.69. The smallest absolute Gasteiger partial charge is 0.294 e. The van der Waals surface area contributed by atoms with Crippen LogP contribution in [0.3, 0.4) is 0 Å². The van der Waals surface area contributed by atoms with Crippen molar-refractivity contribution in [1.29, 1.82) is 0 Å². The maximum absolute atomic E-state index is 11.2. The first-order valence-electron chi connectivity index (χ1n) is 9.48. The third kappa shape index (κ3) is 4.43. The molecular weight excluding hydrogens is 394 g/mol. The number of hydrazone groups is 1. The van der Waals surface area contributed by atoms with Crippen LogP contribution in [0, 0.1) is 10.1 Å². The number of aromatic nitrogens is 2. The summed E-state index contributed by atoms with van der Waals surface area (Å²) in [6.45, 7) is 0. The van der Waals surface area contributed by atoms with Gasteiger partial charge in [-0.2, -0.15) is 10.2 Å². The maximum Gasteiger partial charge on any atom is 0.294 e. The highest BCUT2D eigenvalue weighted by atomic mass is 16.6. The summed E-state index contributed by atoms with van der Waals surface area (Å²) in [7, 11) is 1.62. The number of anilines is 1. The number of benzene rings is 3. The van der Waals surface area contributed by atoms with Crippen LogP contribution in [0.15, 0.2) is 90.2 Å². The Morgan fingerprint density at radius 2 is 1.74 bits per heavy atom. The average Bonchev–Trinajstić information content (AvgIpc) is 3.24. The second kappa shape index (κ2) is 8.91. The summed E-state index contributed by atoms with van der Waals surface area (Å²) in [5, 5.41) is 20.1. The lowest BCUT2D eigenvalue weighted by Gasteiger charge is -2.03. The van der Waals surface area contributed by atoms with Gasteiger partial charge in [0, 0.05) is 23.4 Å². The summed E-state index contributed by atoms with van der Waals surface area (Å²) in [6, 6.07) is 23.6. The minimum absolute atomic E-state index is 0.0463. The van der Waals surface area contributed by atoms with E-state index < -0.39 is 4.92 Å². The van der Waals surface area contributed by atoms with Crippen LogP contribution in [0.4, 0.5) is 11.4 Å². The Hall–Kier alpha value is -4.46. The molecule has 0 amide bonds. The molecule has 1 heterocycles. The van der Waals surface area contributed by atoms with Crippen LogP contribution in [0.25, 0.3) is 16.9 Å². The van der Waals surface area contributed by atoms with Crippen molar-refractivity contribution in [2.75, 3.05) is 12.5 Å². The van der Waals surface area contributed by atoms with Gasteiger partial charge in [-0.05, 0) is 42.5 Å². The van der Waals surface area contributed by atoms with E-state index in [0.717, 1.165) is 28.3 Å². The molecule has 0 aliphatic heterocycles. The van der Waals surface area contributed by atoms with Crippen LogP contribution in [-0.2, 0) is 0 Å². The van der Waals surface area contributed by atoms with Crippen molar-refractivity contribution in [3.8, 4) is 22.7 Å². The van der Waals surface area contributed by atoms with E-state index in [1.165, 1.54) is 6.07 Å². The minimum Gasteiger partial charge on any atom is -0.497 e. The normalized spacial score (nSPS) is 10.9. The molecule has 3 aromatic carbocycles. The predicted molar refractivity (Wildman–Crippen MR) is 120 cm³/mol. The number of para-hydroxylation sites is 3. The largest absolute Gasteiger partial charge is 0.497 e. The fraction of sp³-hybridized carbons (Fsp3) is 0.0435. The maximum atomic E-state index is 11.2. The van der Waals surface area contributed by atoms with Gasteiger partial charge in [0.1, 0.15) is 17.1 Å². The Kier molecular flexibility index (Phi) is 5.70. The van der Waals surface area contributed by atoms with Gasteiger partial charge in [0.2, 0.25) is 0 Å². The van der Waals surface area contributed by atoms with Crippen molar-refractivity contribution < 1.29 is 9.66 Å². The predicted octanol–water partition coefficient (Wildman–Crippen LogP) is 4.90. The lowest BCUT2D eigenvalue weighted by atomic mass is 10.1. The molecule has 1 aromatic heterocycles. The molecule has 0 unspecified atom stereocenters. The average molecular weight is 413 g/mol. The van der Waals surface area contributed by atoms with Crippen molar-refractivity contribution in [2.45, 2.75) is 0 Å². The zero-order chi connectivity index (χ0) is 21.6. The molecule has 0 aliphatic carbocycles. The van der Waals surface area contributed by atoms with Gasteiger partial charge in [-0.15, -0.1) is 0 Å². The molecule has 0 bridgehead atoms. The second-order valence-electron chi connectivity index (χ2n) is 6.59. The lowest BCUT2D eigenvalue weighted by molar-refractivity contribution is -0.384. The number of nitro benzene ring substituents is 1. The van der Waals surface area contributed by atoms with Crippen molar-refractivity contribution in [1.82, 2.24) is 9.78 Å². The van der Waals surface area contributed by atoms with Crippen molar-refractivity contribution in [3.63, 3.8) is 0 Å². The second-order valence-corrected chi connectivity index (χ2v) is 6.59. The molecule has 0 saturated heterocycles. The number of ether oxygens (including phenoxy) is 1. The highest BCUT2D eigenvalue weighted by molar-refractivity contribution is 5.89. The summed E-state index contributed by atoms with van der Waals surface area (Å²) in [4.78, 5) is 10.7. The minimum atomic E-state index is -0.450. The summed E-state index contributed by atoms with van der Waals surface area (Å²) < 4.78 is 7.01. The molecule has 0 atom stereocenters. The van der Waals surface area contributed by atoms with Gasteiger partial charge < -0.3 is 4.74 Å². The number of nitro groups is 1. The van der Waals surface area contributed by atoms with E-state index in [9.17, 15) is 10.1 Å². The number of rotatable bonds is 7. The van der Waals surface area contributed by atoms with E-state index >= 15 is 0 Å². The Bertz CT molecular complexity index is 1220. The van der Waals surface area contributed by atoms with Gasteiger partial charge in [-0.3, -0.25) is 15.5 Å². The zero-order valence-electron chi connectivity index (χ0n) is 16.7. The summed E-state index contributed by atoms with van der Waals surface area (Å²) >= 11 is 0. The van der Waals surface area contributed by atoms with Gasteiger partial charge in [-0.25, -0.2) is 4.68 Å². The molecule has 0 saturated carbocycles. The monoisotopic (exact) mass is 413 g/mol. The summed E-state index contributed by atoms with van der Waals surface area (Å²) in [5.41, 5.74) is 6.29. The number of hydrogen-bond acceptors (Lipinski definition) is 6. The van der Waals surface area contributed by atoms with E-state index in [1.807, 2.05) is 60.8 Å². The van der Waals surface area contributed by atoms with E-state index in [1.54, 1.807) is 36.2 Å². The van der Waals surface area contributed by atoms with Crippen molar-refractivity contribution in [2.24, 2.45) is 5.10 Å². The quantitative estimate of drug-likeness (QED) is 0.264. The van der Waals surface area contributed by atoms with E-state index in [2.05, 4.69) is 10.5 Å². The molecule has 31 heavy (non-hydrogen) atoms. The molecular formula is C23H19N5O3. The number of nitrogens with zero attached hydrogens (tertiary/aromatic N) is 4. The van der Waals surface area contributed by atoms with Crippen LogP contribution in [0.1, 0.15) is 5.56 Å². The lowest BCUT2D eigenvalue weighted by Crippen LogP contribution is -1.96. The van der Waals surface area contributed by atoms with Gasteiger partial charge in [0.25, 0.3) is 5.69 Å². The summed E-state index contributed by atoms with van der Waals surface area (Å²) in [5.74, 6) is 0.750. The standard InChI is InChI=1S/C23H19N5O3/c1-31-20-13-11-17(12-14-20)23-18(16-27(26-23)19-7-3-2-4-8-19)15-24-25-21-9-5-6-10-22(21)28(29)30/h2-16,25H,1H3/b24-15-. The Morgan fingerprint density at radius 3 is 2.45 bits per heavy atom. The molecule has 0 fully saturated rings. The number of nitrogens with one attached hydrogen (secondary N) is 1. The molecule has 0 radical (unpaired) electrons. The molecule has 0 aliphatic rings. The van der Waals surface area contributed by atoms with E-state index in [-0.39, 0.29) is 5.69 Å². The SMILES string of the molecule is COc1ccc(-c2nn(-c3ccccc3)cc2/C=N\Nc2ccccc2[N+](=O)[O-])cc1. The topological polar surface area (TPSA) is 94.6 Å². The Labute approximate surface area is 178 Å². The van der Waals surface area contributed by atoms with Crippen molar-refractivity contribution >= 4 is 17.6 Å². The van der Waals surface area contributed by atoms with Crippen molar-refractivity contribution in [3.05, 3.63) is 101 Å². The first-order chi connectivity index (χ1) is 15.2. The molecule has 4 aromatic rings. The molecule has 1 N–H and O–H groups in total. The number of methoxy groups -OCH3 is 1. The highest BCUT2D eigenvalue weighted by Crippen LogP contribution is 2.26. The number of hydrogen-bond donors (Lipinski definition) is 1. The van der Waals surface area contributed by atoms with E-state index in [4.69, 9.17) is 9.84 Å². The van der Waals surface area contributed by atoms with Crippen LogP contribution < -0.4 is 10.2 Å². The Morgan fingerprint density at radius 1 is 1.03 bits per heavy atom. The molecule has 8 nitrogen and oxygen atoms in total. The molecule has 8 heteroatoms. The summed E-state index contributed by atoms with van der Waals surface area (Å²) in [6.07, 6.45) is 3.46. The fourth-order valence-electron chi connectivity index (χ4n) is 3.07. The van der Waals surface area contributed by atoms with E-state index in [0.29, 0.717) is 5.69 Å². The van der Waals surface area contributed by atoms with Crippen LogP contribution in [0.5, 0.6) is 5.75 Å². The van der Waals surface area contributed by atoms with Gasteiger partial charge >= 0.3 is 0 Å². The third-order valence-electron chi connectivity index (χ3n) is 4.62. The molecule has 4 rings (SSSR count). The fourth-order valence-corrected chi connectivity index (χ4v) is 3.07. The third-order valence-corrected chi connectivity index (χ3v) is 4.62.